The lowest BCUT2D eigenvalue weighted by Gasteiger charge is -2.38. The van der Waals surface area contributed by atoms with Crippen LogP contribution in [0, 0.1) is 5.92 Å². The molecule has 110 valence electrons. The zero-order chi connectivity index (χ0) is 13.8. The Kier molecular flexibility index (Phi) is 5.05. The van der Waals surface area contributed by atoms with Crippen LogP contribution in [0.25, 0.3) is 0 Å². The highest BCUT2D eigenvalue weighted by Gasteiger charge is 2.25. The molecule has 2 aliphatic rings. The third-order valence-electron chi connectivity index (χ3n) is 4.41. The summed E-state index contributed by atoms with van der Waals surface area (Å²) in [5.41, 5.74) is 0. The maximum Gasteiger partial charge on any atom is 0.317 e. The van der Waals surface area contributed by atoms with Crippen LogP contribution < -0.4 is 5.32 Å². The van der Waals surface area contributed by atoms with Gasteiger partial charge >= 0.3 is 6.03 Å². The van der Waals surface area contributed by atoms with Gasteiger partial charge in [-0.2, -0.15) is 0 Å². The molecule has 2 aliphatic heterocycles. The van der Waals surface area contributed by atoms with E-state index in [1.165, 1.54) is 6.42 Å². The van der Waals surface area contributed by atoms with Gasteiger partial charge in [0.1, 0.15) is 0 Å². The van der Waals surface area contributed by atoms with Crippen LogP contribution in [0.4, 0.5) is 4.79 Å². The third-order valence-corrected chi connectivity index (χ3v) is 4.41. The van der Waals surface area contributed by atoms with Crippen molar-refractivity contribution in [3.05, 3.63) is 0 Å². The van der Waals surface area contributed by atoms with Crippen molar-refractivity contribution >= 4 is 6.03 Å². The van der Waals surface area contributed by atoms with E-state index in [-0.39, 0.29) is 6.03 Å². The Morgan fingerprint density at radius 3 is 2.74 bits per heavy atom. The molecule has 2 fully saturated rings. The lowest BCUT2D eigenvalue weighted by atomic mass is 10.0. The molecule has 2 rings (SSSR count). The first-order chi connectivity index (χ1) is 9.06. The predicted octanol–water partition coefficient (Wildman–Crippen LogP) is 0.674. The molecule has 2 amide bonds. The van der Waals surface area contributed by atoms with E-state index in [1.54, 1.807) is 0 Å². The van der Waals surface area contributed by atoms with Gasteiger partial charge in [-0.1, -0.05) is 6.92 Å². The summed E-state index contributed by atoms with van der Waals surface area (Å²) in [5.74, 6) is 0.642. The first-order valence-electron chi connectivity index (χ1n) is 7.48. The minimum atomic E-state index is 0.119. The molecule has 0 aliphatic carbocycles. The maximum absolute atomic E-state index is 12.2. The molecule has 1 N–H and O–H groups in total. The molecule has 0 saturated carbocycles. The van der Waals surface area contributed by atoms with E-state index in [0.717, 1.165) is 45.7 Å². The number of nitrogens with one attached hydrogen (secondary N) is 1. The average Bonchev–Trinajstić information content (AvgIpc) is 2.39. The summed E-state index contributed by atoms with van der Waals surface area (Å²) in [7, 11) is 4.29. The number of piperazine rings is 1. The van der Waals surface area contributed by atoms with Gasteiger partial charge in [-0.3, -0.25) is 4.90 Å². The quantitative estimate of drug-likeness (QED) is 0.800. The van der Waals surface area contributed by atoms with E-state index in [0.29, 0.717) is 12.0 Å². The third kappa shape index (κ3) is 4.08. The van der Waals surface area contributed by atoms with Crippen LogP contribution in [0.1, 0.15) is 19.8 Å². The number of hydrogen-bond acceptors (Lipinski definition) is 3. The van der Waals surface area contributed by atoms with Gasteiger partial charge in [-0.05, 0) is 32.9 Å². The van der Waals surface area contributed by atoms with E-state index in [2.05, 4.69) is 36.1 Å². The lowest BCUT2D eigenvalue weighted by molar-refractivity contribution is 0.111. The fraction of sp³-hybridized carbons (Fsp3) is 0.929. The van der Waals surface area contributed by atoms with Crippen LogP contribution in [0.15, 0.2) is 0 Å². The summed E-state index contributed by atoms with van der Waals surface area (Å²) in [6.45, 7) is 8.03. The van der Waals surface area contributed by atoms with E-state index in [4.69, 9.17) is 0 Å². The minimum Gasteiger partial charge on any atom is -0.336 e. The van der Waals surface area contributed by atoms with Crippen molar-refractivity contribution in [1.82, 2.24) is 20.0 Å². The topological polar surface area (TPSA) is 38.8 Å². The SMILES string of the molecule is CC1CCCN(C(=O)NCC2CN(C)CCN2C)C1. The van der Waals surface area contributed by atoms with E-state index >= 15 is 0 Å². The smallest absolute Gasteiger partial charge is 0.317 e. The summed E-state index contributed by atoms with van der Waals surface area (Å²) < 4.78 is 0. The second-order valence-electron chi connectivity index (χ2n) is 6.28. The van der Waals surface area contributed by atoms with Gasteiger partial charge < -0.3 is 15.1 Å². The molecule has 0 spiro atoms. The number of hydrogen-bond donors (Lipinski definition) is 1. The van der Waals surface area contributed by atoms with Crippen LogP contribution in [0.2, 0.25) is 0 Å². The summed E-state index contributed by atoms with van der Waals surface area (Å²) in [4.78, 5) is 18.8. The Morgan fingerprint density at radius 2 is 2.00 bits per heavy atom. The second kappa shape index (κ2) is 6.57. The Balaban J connectivity index is 1.76. The number of rotatable bonds is 2. The summed E-state index contributed by atoms with van der Waals surface area (Å²) >= 11 is 0. The van der Waals surface area contributed by atoms with E-state index in [1.807, 2.05) is 4.90 Å². The van der Waals surface area contributed by atoms with E-state index < -0.39 is 0 Å². The van der Waals surface area contributed by atoms with Crippen molar-refractivity contribution in [2.75, 3.05) is 53.4 Å². The molecule has 0 bridgehead atoms. The van der Waals surface area contributed by atoms with Crippen molar-refractivity contribution < 1.29 is 4.79 Å². The number of likely N-dealkylation sites (tertiary alicyclic amines) is 1. The zero-order valence-electron chi connectivity index (χ0n) is 12.6. The Labute approximate surface area is 116 Å². The van der Waals surface area contributed by atoms with Crippen molar-refractivity contribution in [2.45, 2.75) is 25.8 Å². The summed E-state index contributed by atoms with van der Waals surface area (Å²) in [6.07, 6.45) is 2.39. The Hall–Kier alpha value is -0.810. The van der Waals surface area contributed by atoms with Crippen molar-refractivity contribution in [1.29, 1.82) is 0 Å². The first-order valence-corrected chi connectivity index (χ1v) is 7.48. The molecule has 0 aromatic rings. The average molecular weight is 268 g/mol. The number of likely N-dealkylation sites (N-methyl/N-ethyl adjacent to an activating group) is 2. The molecule has 0 radical (unpaired) electrons. The Morgan fingerprint density at radius 1 is 1.21 bits per heavy atom. The molecule has 2 saturated heterocycles. The summed E-state index contributed by atoms with van der Waals surface area (Å²) in [6, 6.07) is 0.554. The zero-order valence-corrected chi connectivity index (χ0v) is 12.6. The normalized spacial score (nSPS) is 30.4. The lowest BCUT2D eigenvalue weighted by Crippen LogP contribution is -2.56. The highest BCUT2D eigenvalue weighted by molar-refractivity contribution is 5.74. The number of amides is 2. The minimum absolute atomic E-state index is 0.119. The maximum atomic E-state index is 12.2. The van der Waals surface area contributed by atoms with Crippen LogP contribution in [0.5, 0.6) is 0 Å². The van der Waals surface area contributed by atoms with Crippen LogP contribution in [-0.4, -0.2) is 80.1 Å². The molecule has 2 unspecified atom stereocenters. The van der Waals surface area contributed by atoms with Crippen LogP contribution >= 0.6 is 0 Å². The van der Waals surface area contributed by atoms with Crippen molar-refractivity contribution in [3.63, 3.8) is 0 Å². The second-order valence-corrected chi connectivity index (χ2v) is 6.28. The van der Waals surface area contributed by atoms with Crippen LogP contribution in [-0.2, 0) is 0 Å². The number of piperidine rings is 1. The van der Waals surface area contributed by atoms with Gasteiger partial charge in [0, 0.05) is 45.3 Å². The first kappa shape index (κ1) is 14.6. The standard InChI is InChI=1S/C14H28N4O/c1-12-5-4-6-18(10-12)14(19)15-9-13-11-16(2)7-8-17(13)3/h12-13H,4-11H2,1-3H3,(H,15,19). The van der Waals surface area contributed by atoms with Crippen LogP contribution in [0.3, 0.4) is 0 Å². The highest BCUT2D eigenvalue weighted by Crippen LogP contribution is 2.15. The van der Waals surface area contributed by atoms with Gasteiger partial charge in [0.25, 0.3) is 0 Å². The van der Waals surface area contributed by atoms with Gasteiger partial charge in [0.2, 0.25) is 0 Å². The highest BCUT2D eigenvalue weighted by atomic mass is 16.2. The molecule has 19 heavy (non-hydrogen) atoms. The van der Waals surface area contributed by atoms with Gasteiger partial charge in [-0.15, -0.1) is 0 Å². The van der Waals surface area contributed by atoms with E-state index in [9.17, 15) is 4.79 Å². The molecular formula is C14H28N4O. The molecule has 2 heterocycles. The summed E-state index contributed by atoms with van der Waals surface area (Å²) in [5, 5.41) is 3.11. The molecule has 2 atom stereocenters. The predicted molar refractivity (Wildman–Crippen MR) is 77.3 cm³/mol. The fourth-order valence-electron chi connectivity index (χ4n) is 3.01. The van der Waals surface area contributed by atoms with Crippen molar-refractivity contribution in [2.24, 2.45) is 5.92 Å². The monoisotopic (exact) mass is 268 g/mol. The van der Waals surface area contributed by atoms with Gasteiger partial charge in [0.05, 0.1) is 0 Å². The molecule has 0 aromatic heterocycles. The molecule has 0 aromatic carbocycles. The van der Waals surface area contributed by atoms with Crippen molar-refractivity contribution in [3.8, 4) is 0 Å². The largest absolute Gasteiger partial charge is 0.336 e. The number of carbonyl (C=O) groups is 1. The fourth-order valence-corrected chi connectivity index (χ4v) is 3.01. The number of carbonyl (C=O) groups excluding carboxylic acids is 1. The Bertz CT molecular complexity index is 310. The number of urea groups is 1. The molecule has 5 heteroatoms. The molecular weight excluding hydrogens is 240 g/mol. The molecule has 5 nitrogen and oxygen atoms in total. The van der Waals surface area contributed by atoms with Gasteiger partial charge in [0.15, 0.2) is 0 Å². The van der Waals surface area contributed by atoms with Gasteiger partial charge in [-0.25, -0.2) is 4.79 Å². The number of nitrogens with zero attached hydrogens (tertiary/aromatic N) is 3.